The number of rotatable bonds is 9. The molecule has 0 atom stereocenters. The van der Waals surface area contributed by atoms with Gasteiger partial charge in [-0.3, -0.25) is 0 Å². The third-order valence-electron chi connectivity index (χ3n) is 6.98. The molecule has 0 unspecified atom stereocenters. The van der Waals surface area contributed by atoms with Crippen LogP contribution in [0.2, 0.25) is 0 Å². The zero-order valence-electron chi connectivity index (χ0n) is 21.9. The van der Waals surface area contributed by atoms with Gasteiger partial charge in [-0.15, -0.1) is 0 Å². The molecular weight excluding hydrogens is 638 g/mol. The third kappa shape index (κ3) is 5.91. The van der Waals surface area contributed by atoms with Crippen LogP contribution in [0.25, 0.3) is 0 Å². The van der Waals surface area contributed by atoms with Crippen molar-refractivity contribution in [3.05, 3.63) is 95.9 Å². The molecule has 0 saturated carbocycles. The van der Waals surface area contributed by atoms with Gasteiger partial charge in [0.25, 0.3) is 0 Å². The second-order valence-corrected chi connectivity index (χ2v) is 16.6. The first-order valence-electron chi connectivity index (χ1n) is 11.9. The monoisotopic (exact) mass is 668 g/mol. The van der Waals surface area contributed by atoms with Gasteiger partial charge >= 0.3 is 229 Å². The van der Waals surface area contributed by atoms with Crippen molar-refractivity contribution >= 4 is 30.4 Å². The van der Waals surface area contributed by atoms with E-state index in [0.717, 1.165) is 24.0 Å². The summed E-state index contributed by atoms with van der Waals surface area (Å²) in [5, 5.41) is 0. The first-order chi connectivity index (χ1) is 17.6. The van der Waals surface area contributed by atoms with Crippen LogP contribution in [0.1, 0.15) is 65.5 Å². The van der Waals surface area contributed by atoms with Gasteiger partial charge < -0.3 is 0 Å². The Bertz CT molecular complexity index is 1330. The first kappa shape index (κ1) is 30.5. The minimum absolute atomic E-state index is 0.159. The standard InChI is InChI=1S/C28H30F5IO3S/c1-7-27(3,4)17-9-13-19(14-10-17)34(20-15-11-18(12-16-20)28(5,6)8-2)37-38(35,36)26-24(32)22(30)21(29)23(31)25(26)33/h9-16H,7-8H2,1-6H3. The van der Waals surface area contributed by atoms with E-state index in [1.54, 1.807) is 24.3 Å². The molecule has 0 radical (unpaired) electrons. The van der Waals surface area contributed by atoms with Crippen molar-refractivity contribution in [2.24, 2.45) is 0 Å². The number of benzene rings is 3. The van der Waals surface area contributed by atoms with Crippen LogP contribution in [0.3, 0.4) is 0 Å². The number of halogens is 6. The molecule has 38 heavy (non-hydrogen) atoms. The van der Waals surface area contributed by atoms with Crippen LogP contribution in [-0.4, -0.2) is 8.42 Å². The molecule has 0 bridgehead atoms. The average Bonchev–Trinajstić information content (AvgIpc) is 2.89. The Labute approximate surface area is 228 Å². The van der Waals surface area contributed by atoms with E-state index in [0.29, 0.717) is 7.14 Å². The second-order valence-electron chi connectivity index (χ2n) is 10.2. The summed E-state index contributed by atoms with van der Waals surface area (Å²) in [6.45, 7) is 12.3. The number of hydrogen-bond acceptors (Lipinski definition) is 3. The Morgan fingerprint density at radius 2 is 0.947 bits per heavy atom. The van der Waals surface area contributed by atoms with Gasteiger partial charge in [-0.05, 0) is 0 Å². The maximum atomic E-state index is 14.4. The molecule has 3 rings (SSSR count). The van der Waals surface area contributed by atoms with Gasteiger partial charge in [0.2, 0.25) is 0 Å². The summed E-state index contributed by atoms with van der Waals surface area (Å²) in [5.41, 5.74) is 1.66. The second kappa shape index (κ2) is 11.2. The van der Waals surface area contributed by atoms with E-state index in [4.69, 9.17) is 2.51 Å². The van der Waals surface area contributed by atoms with E-state index in [9.17, 15) is 30.4 Å². The topological polar surface area (TPSA) is 43.4 Å². The van der Waals surface area contributed by atoms with Crippen LogP contribution < -0.4 is 0 Å². The van der Waals surface area contributed by atoms with Crippen molar-refractivity contribution in [1.29, 1.82) is 0 Å². The normalized spacial score (nSPS) is 13.1. The fourth-order valence-electron chi connectivity index (χ4n) is 3.56. The van der Waals surface area contributed by atoms with E-state index in [1.165, 1.54) is 0 Å². The minimum atomic E-state index is -5.39. The summed E-state index contributed by atoms with van der Waals surface area (Å²) in [4.78, 5) is -2.00. The molecule has 0 saturated heterocycles. The average molecular weight is 669 g/mol. The van der Waals surface area contributed by atoms with Crippen LogP contribution in [-0.2, 0) is 23.5 Å². The summed E-state index contributed by atoms with van der Waals surface area (Å²) in [6.07, 6.45) is 1.68. The summed E-state index contributed by atoms with van der Waals surface area (Å²) >= 11 is -3.49. The maximum absolute atomic E-state index is 14.4. The third-order valence-corrected chi connectivity index (χ3v) is 14.3. The zero-order chi connectivity index (χ0) is 28.6. The predicted octanol–water partition coefficient (Wildman–Crippen LogP) is 8.62. The Kier molecular flexibility index (Phi) is 8.99. The molecule has 3 aromatic carbocycles. The fourth-order valence-corrected chi connectivity index (χ4v) is 10.5. The van der Waals surface area contributed by atoms with Crippen LogP contribution in [0.4, 0.5) is 22.0 Å². The SMILES string of the molecule is CCC(C)(C)c1ccc(I(OS(=O)(=O)c2c(F)c(F)c(F)c(F)c2F)c2ccc(C(C)(C)CC)cc2)cc1. The van der Waals surface area contributed by atoms with E-state index in [2.05, 4.69) is 27.7 Å². The molecule has 0 spiro atoms. The summed E-state index contributed by atoms with van der Waals surface area (Å²) in [7, 11) is -5.39. The zero-order valence-corrected chi connectivity index (χ0v) is 24.9. The summed E-state index contributed by atoms with van der Waals surface area (Å²) in [6, 6.07) is 14.1. The van der Waals surface area contributed by atoms with Crippen LogP contribution in [0.15, 0.2) is 53.4 Å². The first-order valence-corrected chi connectivity index (χ1v) is 16.4. The van der Waals surface area contributed by atoms with Gasteiger partial charge in [-0.2, -0.15) is 0 Å². The Hall–Kier alpha value is -2.05. The van der Waals surface area contributed by atoms with Gasteiger partial charge in [0.1, 0.15) is 0 Å². The van der Waals surface area contributed by atoms with Gasteiger partial charge in [-0.1, -0.05) is 0 Å². The Morgan fingerprint density at radius 3 is 1.26 bits per heavy atom. The Balaban J connectivity index is 2.16. The van der Waals surface area contributed by atoms with Gasteiger partial charge in [0.05, 0.1) is 0 Å². The molecule has 0 fully saturated rings. The van der Waals surface area contributed by atoms with Crippen molar-refractivity contribution in [1.82, 2.24) is 0 Å². The van der Waals surface area contributed by atoms with Gasteiger partial charge in [0.15, 0.2) is 0 Å². The molecule has 0 heterocycles. The summed E-state index contributed by atoms with van der Waals surface area (Å²) < 4.78 is 103. The molecule has 208 valence electrons. The molecule has 0 amide bonds. The molecule has 0 aliphatic heterocycles. The molecule has 3 aromatic rings. The van der Waals surface area contributed by atoms with Crippen molar-refractivity contribution in [2.75, 3.05) is 0 Å². The van der Waals surface area contributed by atoms with Crippen LogP contribution >= 0.6 is 20.2 Å². The van der Waals surface area contributed by atoms with Crippen LogP contribution in [0, 0.1) is 36.2 Å². The Morgan fingerprint density at radius 1 is 0.632 bits per heavy atom. The van der Waals surface area contributed by atoms with E-state index >= 15 is 0 Å². The molecule has 0 N–H and O–H groups in total. The van der Waals surface area contributed by atoms with E-state index in [-0.39, 0.29) is 10.8 Å². The molecule has 0 aliphatic carbocycles. The van der Waals surface area contributed by atoms with Crippen molar-refractivity contribution < 1.29 is 32.9 Å². The van der Waals surface area contributed by atoms with Crippen molar-refractivity contribution in [3.63, 3.8) is 0 Å². The van der Waals surface area contributed by atoms with Crippen LogP contribution in [0.5, 0.6) is 0 Å². The predicted molar refractivity (Wildman–Crippen MR) is 145 cm³/mol. The molecule has 0 aliphatic rings. The molecule has 3 nitrogen and oxygen atoms in total. The van der Waals surface area contributed by atoms with E-state index in [1.807, 2.05) is 38.1 Å². The molecular formula is C28H30F5IO3S. The van der Waals surface area contributed by atoms with Gasteiger partial charge in [-0.25, -0.2) is 0 Å². The van der Waals surface area contributed by atoms with Gasteiger partial charge in [0, 0.05) is 0 Å². The molecule has 10 heteroatoms. The van der Waals surface area contributed by atoms with E-state index < -0.39 is 64.3 Å². The summed E-state index contributed by atoms with van der Waals surface area (Å²) in [5.74, 6) is -12.1. The quantitative estimate of drug-likeness (QED) is 0.0993. The molecule has 0 aromatic heterocycles. The number of hydrogen-bond donors (Lipinski definition) is 0. The van der Waals surface area contributed by atoms with Crippen molar-refractivity contribution in [2.45, 2.75) is 70.1 Å². The van der Waals surface area contributed by atoms with Crippen molar-refractivity contribution in [3.8, 4) is 0 Å². The fraction of sp³-hybridized carbons (Fsp3) is 0.357.